The Kier molecular flexibility index (Phi) is 7.77. The SMILES string of the molecule is CCC1CN(CCNCCCN(C)C)CCO1. The summed E-state index contributed by atoms with van der Waals surface area (Å²) in [5.74, 6) is 0. The zero-order valence-electron chi connectivity index (χ0n) is 11.7. The molecule has 1 unspecified atom stereocenters. The highest BCUT2D eigenvalue weighted by atomic mass is 16.5. The number of nitrogens with zero attached hydrogens (tertiary/aromatic N) is 2. The molecule has 0 aromatic carbocycles. The summed E-state index contributed by atoms with van der Waals surface area (Å²) in [7, 11) is 4.25. The Bertz CT molecular complexity index is 188. The second-order valence-corrected chi connectivity index (χ2v) is 5.11. The number of hydrogen-bond acceptors (Lipinski definition) is 4. The van der Waals surface area contributed by atoms with Gasteiger partial charge in [-0.2, -0.15) is 0 Å². The van der Waals surface area contributed by atoms with Gasteiger partial charge in [-0.05, 0) is 40.0 Å². The van der Waals surface area contributed by atoms with Crippen LogP contribution in [0.2, 0.25) is 0 Å². The number of nitrogens with one attached hydrogen (secondary N) is 1. The van der Waals surface area contributed by atoms with Crippen LogP contribution in [-0.4, -0.2) is 75.9 Å². The summed E-state index contributed by atoms with van der Waals surface area (Å²) < 4.78 is 5.66. The fraction of sp³-hybridized carbons (Fsp3) is 1.00. The first-order chi connectivity index (χ1) is 8.22. The highest BCUT2D eigenvalue weighted by molar-refractivity contribution is 4.70. The zero-order valence-corrected chi connectivity index (χ0v) is 11.7. The molecule has 1 N–H and O–H groups in total. The Balaban J connectivity index is 1.95. The molecule has 1 saturated heterocycles. The van der Waals surface area contributed by atoms with Gasteiger partial charge in [0.25, 0.3) is 0 Å². The fourth-order valence-electron chi connectivity index (χ4n) is 2.11. The Morgan fingerprint density at radius 3 is 2.88 bits per heavy atom. The van der Waals surface area contributed by atoms with Crippen molar-refractivity contribution in [2.75, 3.05) is 60.0 Å². The minimum atomic E-state index is 0.456. The lowest BCUT2D eigenvalue weighted by Crippen LogP contribution is -2.44. The molecule has 0 amide bonds. The van der Waals surface area contributed by atoms with E-state index in [2.05, 4.69) is 36.1 Å². The lowest BCUT2D eigenvalue weighted by Gasteiger charge is -2.32. The molecule has 0 spiro atoms. The largest absolute Gasteiger partial charge is 0.376 e. The number of hydrogen-bond donors (Lipinski definition) is 1. The molecule has 4 nitrogen and oxygen atoms in total. The molecule has 1 rings (SSSR count). The maximum atomic E-state index is 5.66. The van der Waals surface area contributed by atoms with Crippen LogP contribution in [-0.2, 0) is 4.74 Å². The molecule has 1 atom stereocenters. The van der Waals surface area contributed by atoms with Crippen LogP contribution in [0.25, 0.3) is 0 Å². The second kappa shape index (κ2) is 8.86. The van der Waals surface area contributed by atoms with E-state index in [9.17, 15) is 0 Å². The average Bonchev–Trinajstić information content (AvgIpc) is 2.33. The van der Waals surface area contributed by atoms with Crippen molar-refractivity contribution in [1.82, 2.24) is 15.1 Å². The lowest BCUT2D eigenvalue weighted by atomic mass is 10.2. The van der Waals surface area contributed by atoms with Crippen molar-refractivity contribution < 1.29 is 4.74 Å². The summed E-state index contributed by atoms with van der Waals surface area (Å²) in [4.78, 5) is 4.74. The molecule has 0 bridgehead atoms. The van der Waals surface area contributed by atoms with Gasteiger partial charge >= 0.3 is 0 Å². The van der Waals surface area contributed by atoms with Crippen molar-refractivity contribution in [2.24, 2.45) is 0 Å². The molecular weight excluding hydrogens is 214 g/mol. The molecule has 0 aromatic heterocycles. The van der Waals surface area contributed by atoms with E-state index in [1.807, 2.05) is 0 Å². The van der Waals surface area contributed by atoms with Crippen LogP contribution in [0.5, 0.6) is 0 Å². The average molecular weight is 243 g/mol. The molecule has 0 saturated carbocycles. The minimum absolute atomic E-state index is 0.456. The van der Waals surface area contributed by atoms with Crippen LogP contribution < -0.4 is 5.32 Å². The zero-order chi connectivity index (χ0) is 12.5. The van der Waals surface area contributed by atoms with Crippen molar-refractivity contribution in [1.29, 1.82) is 0 Å². The van der Waals surface area contributed by atoms with E-state index in [-0.39, 0.29) is 0 Å². The first-order valence-electron chi connectivity index (χ1n) is 6.91. The fourth-order valence-corrected chi connectivity index (χ4v) is 2.11. The monoisotopic (exact) mass is 243 g/mol. The van der Waals surface area contributed by atoms with Crippen LogP contribution in [0.4, 0.5) is 0 Å². The third-order valence-electron chi connectivity index (χ3n) is 3.24. The third-order valence-corrected chi connectivity index (χ3v) is 3.24. The van der Waals surface area contributed by atoms with E-state index >= 15 is 0 Å². The molecule has 4 heteroatoms. The van der Waals surface area contributed by atoms with Crippen molar-refractivity contribution in [3.8, 4) is 0 Å². The van der Waals surface area contributed by atoms with E-state index in [1.54, 1.807) is 0 Å². The standard InChI is InChI=1S/C13H29N3O/c1-4-13-12-16(10-11-17-13)9-7-14-6-5-8-15(2)3/h13-14H,4-12H2,1-3H3. The molecule has 1 aliphatic heterocycles. The molecule has 102 valence electrons. The Hall–Kier alpha value is -0.160. The van der Waals surface area contributed by atoms with Gasteiger partial charge in [0.1, 0.15) is 0 Å². The van der Waals surface area contributed by atoms with Gasteiger partial charge in [-0.3, -0.25) is 4.90 Å². The van der Waals surface area contributed by atoms with E-state index in [0.29, 0.717) is 6.10 Å². The van der Waals surface area contributed by atoms with Crippen molar-refractivity contribution in [3.63, 3.8) is 0 Å². The molecular formula is C13H29N3O. The molecule has 0 radical (unpaired) electrons. The summed E-state index contributed by atoms with van der Waals surface area (Å²) in [5, 5.41) is 3.51. The van der Waals surface area contributed by atoms with Gasteiger partial charge < -0.3 is 15.0 Å². The van der Waals surface area contributed by atoms with Gasteiger partial charge in [-0.15, -0.1) is 0 Å². The van der Waals surface area contributed by atoms with Crippen LogP contribution >= 0.6 is 0 Å². The van der Waals surface area contributed by atoms with Gasteiger partial charge in [0.15, 0.2) is 0 Å². The number of ether oxygens (including phenoxy) is 1. The van der Waals surface area contributed by atoms with Gasteiger partial charge in [-0.25, -0.2) is 0 Å². The minimum Gasteiger partial charge on any atom is -0.376 e. The quantitative estimate of drug-likeness (QED) is 0.633. The van der Waals surface area contributed by atoms with E-state index in [1.165, 1.54) is 13.0 Å². The van der Waals surface area contributed by atoms with Gasteiger partial charge in [-0.1, -0.05) is 6.92 Å². The van der Waals surface area contributed by atoms with Crippen LogP contribution in [0.3, 0.4) is 0 Å². The van der Waals surface area contributed by atoms with E-state index < -0.39 is 0 Å². The molecule has 0 aromatic rings. The van der Waals surface area contributed by atoms with E-state index in [4.69, 9.17) is 4.74 Å². The predicted molar refractivity (Wildman–Crippen MR) is 72.5 cm³/mol. The van der Waals surface area contributed by atoms with Gasteiger partial charge in [0.2, 0.25) is 0 Å². The number of rotatable bonds is 8. The van der Waals surface area contributed by atoms with Crippen LogP contribution in [0.15, 0.2) is 0 Å². The number of morpholine rings is 1. The van der Waals surface area contributed by atoms with E-state index in [0.717, 1.165) is 45.8 Å². The first kappa shape index (κ1) is 14.9. The van der Waals surface area contributed by atoms with Crippen molar-refractivity contribution in [3.05, 3.63) is 0 Å². The normalized spacial score (nSPS) is 22.2. The Labute approximate surface area is 106 Å². The maximum absolute atomic E-state index is 5.66. The molecule has 1 aliphatic rings. The summed E-state index contributed by atoms with van der Waals surface area (Å²) in [5.41, 5.74) is 0. The molecule has 1 fully saturated rings. The topological polar surface area (TPSA) is 27.7 Å². The molecule has 1 heterocycles. The summed E-state index contributed by atoms with van der Waals surface area (Å²) in [6, 6.07) is 0. The highest BCUT2D eigenvalue weighted by Crippen LogP contribution is 2.07. The van der Waals surface area contributed by atoms with Crippen molar-refractivity contribution >= 4 is 0 Å². The summed E-state index contributed by atoms with van der Waals surface area (Å²) >= 11 is 0. The Morgan fingerprint density at radius 2 is 2.18 bits per heavy atom. The van der Waals surface area contributed by atoms with Crippen molar-refractivity contribution in [2.45, 2.75) is 25.9 Å². The lowest BCUT2D eigenvalue weighted by molar-refractivity contribution is -0.0290. The molecule has 17 heavy (non-hydrogen) atoms. The third kappa shape index (κ3) is 6.99. The van der Waals surface area contributed by atoms with Gasteiger partial charge in [0.05, 0.1) is 12.7 Å². The Morgan fingerprint density at radius 1 is 1.35 bits per heavy atom. The van der Waals surface area contributed by atoms with Gasteiger partial charge in [0, 0.05) is 26.2 Å². The summed E-state index contributed by atoms with van der Waals surface area (Å²) in [6.07, 6.45) is 2.82. The van der Waals surface area contributed by atoms with Crippen LogP contribution in [0.1, 0.15) is 19.8 Å². The smallest absolute Gasteiger partial charge is 0.0700 e. The predicted octanol–water partition coefficient (Wildman–Crippen LogP) is 0.639. The van der Waals surface area contributed by atoms with Crippen LogP contribution in [0, 0.1) is 0 Å². The highest BCUT2D eigenvalue weighted by Gasteiger charge is 2.17. The molecule has 0 aliphatic carbocycles. The maximum Gasteiger partial charge on any atom is 0.0700 e. The second-order valence-electron chi connectivity index (χ2n) is 5.11. The first-order valence-corrected chi connectivity index (χ1v) is 6.91. The summed E-state index contributed by atoms with van der Waals surface area (Å²) in [6.45, 7) is 9.85.